The SMILES string of the molecule is O=C(O)c1cccc(-c2cccc(COCCOc3ccc(CCNC[C@H](O)c4ccc(O)c(CO)c4)cc3)c2)c1. The lowest BCUT2D eigenvalue weighted by Crippen LogP contribution is -2.23. The van der Waals surface area contributed by atoms with Crippen molar-refractivity contribution in [3.05, 3.63) is 119 Å². The third-order valence-electron chi connectivity index (χ3n) is 6.65. The van der Waals surface area contributed by atoms with Crippen molar-refractivity contribution in [1.29, 1.82) is 0 Å². The first-order valence-electron chi connectivity index (χ1n) is 13.5. The molecule has 0 fully saturated rings. The minimum atomic E-state index is -0.948. The van der Waals surface area contributed by atoms with Crippen LogP contribution >= 0.6 is 0 Å². The van der Waals surface area contributed by atoms with E-state index in [0.717, 1.165) is 34.4 Å². The van der Waals surface area contributed by atoms with Crippen LogP contribution in [0.25, 0.3) is 11.1 Å². The summed E-state index contributed by atoms with van der Waals surface area (Å²) in [5.74, 6) is -0.176. The van der Waals surface area contributed by atoms with Crippen LogP contribution < -0.4 is 10.1 Å². The molecule has 1 atom stereocenters. The highest BCUT2D eigenvalue weighted by Crippen LogP contribution is 2.23. The highest BCUT2D eigenvalue weighted by atomic mass is 16.5. The number of aliphatic hydroxyl groups is 2. The maximum atomic E-state index is 11.3. The highest BCUT2D eigenvalue weighted by Gasteiger charge is 2.10. The third kappa shape index (κ3) is 8.89. The van der Waals surface area contributed by atoms with E-state index in [0.29, 0.717) is 44.0 Å². The first-order chi connectivity index (χ1) is 19.9. The Hall–Kier alpha value is -4.21. The summed E-state index contributed by atoms with van der Waals surface area (Å²) < 4.78 is 11.6. The van der Waals surface area contributed by atoms with Crippen molar-refractivity contribution in [3.8, 4) is 22.6 Å². The second kappa shape index (κ2) is 15.0. The van der Waals surface area contributed by atoms with Crippen LogP contribution in [0.1, 0.15) is 38.7 Å². The molecule has 0 amide bonds. The highest BCUT2D eigenvalue weighted by molar-refractivity contribution is 5.89. The Balaban J connectivity index is 1.13. The van der Waals surface area contributed by atoms with E-state index in [2.05, 4.69) is 5.32 Å². The maximum Gasteiger partial charge on any atom is 0.335 e. The van der Waals surface area contributed by atoms with Gasteiger partial charge in [-0.1, -0.05) is 48.5 Å². The zero-order valence-electron chi connectivity index (χ0n) is 22.7. The normalized spacial score (nSPS) is 11.8. The number of nitrogens with one attached hydrogen (secondary N) is 1. The van der Waals surface area contributed by atoms with Crippen LogP contribution in [0, 0.1) is 0 Å². The lowest BCUT2D eigenvalue weighted by molar-refractivity contribution is 0.0697. The molecule has 214 valence electrons. The quantitative estimate of drug-likeness (QED) is 0.133. The molecular weight excluding hydrogens is 522 g/mol. The van der Waals surface area contributed by atoms with E-state index in [1.54, 1.807) is 30.3 Å². The molecule has 0 saturated heterocycles. The second-order valence-electron chi connectivity index (χ2n) is 9.65. The van der Waals surface area contributed by atoms with Crippen molar-refractivity contribution in [2.24, 2.45) is 0 Å². The van der Waals surface area contributed by atoms with Crippen molar-refractivity contribution >= 4 is 5.97 Å². The van der Waals surface area contributed by atoms with Gasteiger partial charge in [-0.05, 0) is 83.2 Å². The molecule has 0 spiro atoms. The summed E-state index contributed by atoms with van der Waals surface area (Å²) in [5.41, 5.74) is 5.20. The van der Waals surface area contributed by atoms with Crippen LogP contribution in [-0.4, -0.2) is 52.7 Å². The van der Waals surface area contributed by atoms with Crippen molar-refractivity contribution in [2.45, 2.75) is 25.7 Å². The smallest absolute Gasteiger partial charge is 0.335 e. The molecule has 0 radical (unpaired) electrons. The number of aromatic hydroxyl groups is 1. The Labute approximate surface area is 239 Å². The first-order valence-corrected chi connectivity index (χ1v) is 13.5. The van der Waals surface area contributed by atoms with E-state index in [9.17, 15) is 25.2 Å². The Bertz CT molecular complexity index is 1420. The van der Waals surface area contributed by atoms with Gasteiger partial charge in [-0.15, -0.1) is 0 Å². The van der Waals surface area contributed by atoms with E-state index in [4.69, 9.17) is 9.47 Å². The van der Waals surface area contributed by atoms with Gasteiger partial charge in [-0.25, -0.2) is 4.79 Å². The van der Waals surface area contributed by atoms with E-state index < -0.39 is 12.1 Å². The van der Waals surface area contributed by atoms with Gasteiger partial charge in [0.25, 0.3) is 0 Å². The molecular formula is C33H35NO7. The fourth-order valence-electron chi connectivity index (χ4n) is 4.36. The van der Waals surface area contributed by atoms with Crippen LogP contribution in [-0.2, 0) is 24.4 Å². The minimum Gasteiger partial charge on any atom is -0.508 e. The molecule has 8 heteroatoms. The first kappa shape index (κ1) is 29.8. The van der Waals surface area contributed by atoms with E-state index >= 15 is 0 Å². The molecule has 0 aliphatic heterocycles. The van der Waals surface area contributed by atoms with Gasteiger partial charge in [-0.2, -0.15) is 0 Å². The fraction of sp³-hybridized carbons (Fsp3) is 0.242. The predicted molar refractivity (Wildman–Crippen MR) is 156 cm³/mol. The third-order valence-corrected chi connectivity index (χ3v) is 6.65. The molecule has 0 aliphatic carbocycles. The monoisotopic (exact) mass is 557 g/mol. The summed E-state index contributed by atoms with van der Waals surface area (Å²) in [5, 5.41) is 41.8. The standard InChI is InChI=1S/C33H35NO7/c35-21-29-19-27(9-12-31(29)36)32(37)20-34-14-13-23-7-10-30(11-8-23)41-16-15-40-22-24-3-1-4-25(17-24)26-5-2-6-28(18-26)33(38)39/h1-12,17-19,32,34-37H,13-16,20-22H2,(H,38,39)/t32-/m0/s1. The van der Waals surface area contributed by atoms with Gasteiger partial charge < -0.3 is 35.2 Å². The number of phenols is 1. The molecule has 5 N–H and O–H groups in total. The predicted octanol–water partition coefficient (Wildman–Crippen LogP) is 4.71. The Morgan fingerprint density at radius 2 is 1.61 bits per heavy atom. The van der Waals surface area contributed by atoms with Gasteiger partial charge in [-0.3, -0.25) is 0 Å². The van der Waals surface area contributed by atoms with Gasteiger partial charge in [0.05, 0.1) is 31.5 Å². The van der Waals surface area contributed by atoms with Gasteiger partial charge >= 0.3 is 5.97 Å². The molecule has 0 heterocycles. The van der Waals surface area contributed by atoms with Gasteiger partial charge in [0.1, 0.15) is 18.1 Å². The second-order valence-corrected chi connectivity index (χ2v) is 9.65. The molecule has 4 rings (SSSR count). The van der Waals surface area contributed by atoms with Crippen LogP contribution in [0.5, 0.6) is 11.5 Å². The largest absolute Gasteiger partial charge is 0.508 e. The van der Waals surface area contributed by atoms with E-state index in [-0.39, 0.29) is 17.9 Å². The topological polar surface area (TPSA) is 128 Å². The van der Waals surface area contributed by atoms with Crippen LogP contribution in [0.4, 0.5) is 0 Å². The maximum absolute atomic E-state index is 11.3. The van der Waals surface area contributed by atoms with Crippen molar-refractivity contribution in [3.63, 3.8) is 0 Å². The van der Waals surface area contributed by atoms with Crippen molar-refractivity contribution in [2.75, 3.05) is 26.3 Å². The minimum absolute atomic E-state index is 0.0151. The summed E-state index contributed by atoms with van der Waals surface area (Å²) >= 11 is 0. The van der Waals surface area contributed by atoms with Crippen LogP contribution in [0.2, 0.25) is 0 Å². The van der Waals surface area contributed by atoms with Gasteiger partial charge in [0.15, 0.2) is 0 Å². The van der Waals surface area contributed by atoms with Crippen molar-refractivity contribution < 1.29 is 34.7 Å². The van der Waals surface area contributed by atoms with Gasteiger partial charge in [0.2, 0.25) is 0 Å². The Morgan fingerprint density at radius 1 is 0.854 bits per heavy atom. The number of ether oxygens (including phenoxy) is 2. The number of hydrogen-bond acceptors (Lipinski definition) is 7. The summed E-state index contributed by atoms with van der Waals surface area (Å²) in [6, 6.07) is 27.3. The van der Waals surface area contributed by atoms with Crippen LogP contribution in [0.15, 0.2) is 91.0 Å². The number of carboxylic acids is 1. The number of carboxylic acid groups (broad SMARTS) is 1. The average molecular weight is 558 g/mol. The zero-order valence-corrected chi connectivity index (χ0v) is 22.7. The summed E-state index contributed by atoms with van der Waals surface area (Å²) in [7, 11) is 0. The lowest BCUT2D eigenvalue weighted by Gasteiger charge is -2.14. The summed E-state index contributed by atoms with van der Waals surface area (Å²) in [6.45, 7) is 2.02. The number of aliphatic hydroxyl groups excluding tert-OH is 2. The molecule has 0 saturated carbocycles. The zero-order chi connectivity index (χ0) is 29.0. The van der Waals surface area contributed by atoms with Crippen molar-refractivity contribution in [1.82, 2.24) is 5.32 Å². The molecule has 8 nitrogen and oxygen atoms in total. The number of hydrogen-bond donors (Lipinski definition) is 5. The number of rotatable bonds is 15. The molecule has 0 bridgehead atoms. The van der Waals surface area contributed by atoms with Gasteiger partial charge in [0, 0.05) is 12.1 Å². The summed E-state index contributed by atoms with van der Waals surface area (Å²) in [6.07, 6.45) is 0.0477. The molecule has 0 aromatic heterocycles. The van der Waals surface area contributed by atoms with E-state index in [1.807, 2.05) is 54.6 Å². The molecule has 41 heavy (non-hydrogen) atoms. The molecule has 4 aromatic carbocycles. The molecule has 0 aliphatic rings. The number of carbonyl (C=O) groups is 1. The molecule has 0 unspecified atom stereocenters. The Kier molecular flexibility index (Phi) is 10.9. The van der Waals surface area contributed by atoms with E-state index in [1.165, 1.54) is 6.07 Å². The molecule has 4 aromatic rings. The number of aromatic carboxylic acids is 1. The average Bonchev–Trinajstić information content (AvgIpc) is 3.00. The van der Waals surface area contributed by atoms with Crippen LogP contribution in [0.3, 0.4) is 0 Å². The lowest BCUT2D eigenvalue weighted by atomic mass is 10.0. The number of benzene rings is 4. The fourth-order valence-corrected chi connectivity index (χ4v) is 4.36. The Morgan fingerprint density at radius 3 is 2.37 bits per heavy atom. The summed E-state index contributed by atoms with van der Waals surface area (Å²) in [4.78, 5) is 11.3.